The summed E-state index contributed by atoms with van der Waals surface area (Å²) in [6, 6.07) is 26.6. The molecule has 0 amide bonds. The summed E-state index contributed by atoms with van der Waals surface area (Å²) in [7, 11) is 0. The number of hydrogen-bond donors (Lipinski definition) is 1. The van der Waals surface area contributed by atoms with E-state index in [0.29, 0.717) is 35.8 Å². The second-order valence-corrected chi connectivity index (χ2v) is 8.90. The lowest BCUT2D eigenvalue weighted by Crippen LogP contribution is -2.02. The molecule has 0 aromatic heterocycles. The van der Waals surface area contributed by atoms with Gasteiger partial charge in [-0.05, 0) is 87.3 Å². The minimum atomic E-state index is -1.01. The summed E-state index contributed by atoms with van der Waals surface area (Å²) in [5.74, 6) is 0.250. The van der Waals surface area contributed by atoms with E-state index in [4.69, 9.17) is 14.6 Å². The van der Waals surface area contributed by atoms with Gasteiger partial charge in [-0.2, -0.15) is 5.26 Å². The number of allylic oxidation sites excluding steroid dienone is 1. The van der Waals surface area contributed by atoms with E-state index >= 15 is 0 Å². The highest BCUT2D eigenvalue weighted by Crippen LogP contribution is 2.36. The number of nitriles is 1. The van der Waals surface area contributed by atoms with Gasteiger partial charge in [0.2, 0.25) is 0 Å². The fourth-order valence-electron chi connectivity index (χ4n) is 3.78. The van der Waals surface area contributed by atoms with Crippen molar-refractivity contribution in [3.8, 4) is 17.6 Å². The van der Waals surface area contributed by atoms with Gasteiger partial charge in [0, 0.05) is 0 Å². The van der Waals surface area contributed by atoms with Crippen molar-refractivity contribution in [2.45, 2.75) is 13.5 Å². The monoisotopic (exact) mass is 575 g/mol. The number of nitrogens with zero attached hydrogens (tertiary/aromatic N) is 1. The van der Waals surface area contributed by atoms with E-state index in [0.717, 1.165) is 25.5 Å². The molecule has 1 N–H and O–H groups in total. The van der Waals surface area contributed by atoms with Crippen LogP contribution in [0.2, 0.25) is 0 Å². The summed E-state index contributed by atoms with van der Waals surface area (Å²) in [6.45, 7) is 2.77. The summed E-state index contributed by atoms with van der Waals surface area (Å²) in [4.78, 5) is 11.1. The second kappa shape index (κ2) is 11.1. The maximum atomic E-state index is 11.1. The maximum Gasteiger partial charge on any atom is 0.335 e. The van der Waals surface area contributed by atoms with Crippen molar-refractivity contribution in [2.24, 2.45) is 0 Å². The molecular formula is C29H22INO4. The van der Waals surface area contributed by atoms with E-state index in [1.54, 1.807) is 18.2 Å². The first-order valence-corrected chi connectivity index (χ1v) is 12.1. The molecule has 0 saturated heterocycles. The first-order chi connectivity index (χ1) is 17.0. The molecule has 4 rings (SSSR count). The predicted molar refractivity (Wildman–Crippen MR) is 145 cm³/mol. The smallest absolute Gasteiger partial charge is 0.335 e. The molecule has 0 fully saturated rings. The number of fused-ring (bicyclic) bond motifs is 1. The number of rotatable bonds is 8. The Labute approximate surface area is 217 Å². The van der Waals surface area contributed by atoms with Crippen molar-refractivity contribution in [3.63, 3.8) is 0 Å². The van der Waals surface area contributed by atoms with Crippen LogP contribution < -0.4 is 9.47 Å². The highest BCUT2D eigenvalue weighted by Gasteiger charge is 2.14. The van der Waals surface area contributed by atoms with Crippen LogP contribution in [-0.2, 0) is 6.61 Å². The van der Waals surface area contributed by atoms with Gasteiger partial charge in [0.25, 0.3) is 0 Å². The molecule has 4 aromatic rings. The third-order valence-corrected chi connectivity index (χ3v) is 6.26. The van der Waals surface area contributed by atoms with Crippen LogP contribution in [0.15, 0.2) is 78.9 Å². The van der Waals surface area contributed by atoms with Crippen LogP contribution in [0, 0.1) is 14.9 Å². The molecule has 0 spiro atoms. The molecule has 35 heavy (non-hydrogen) atoms. The lowest BCUT2D eigenvalue weighted by atomic mass is 10.0. The summed E-state index contributed by atoms with van der Waals surface area (Å²) >= 11 is 2.21. The van der Waals surface area contributed by atoms with Crippen molar-refractivity contribution < 1.29 is 19.4 Å². The van der Waals surface area contributed by atoms with E-state index < -0.39 is 5.97 Å². The molecule has 0 atom stereocenters. The van der Waals surface area contributed by atoms with Crippen molar-refractivity contribution in [2.75, 3.05) is 6.61 Å². The van der Waals surface area contributed by atoms with Crippen molar-refractivity contribution >= 4 is 51.0 Å². The lowest BCUT2D eigenvalue weighted by molar-refractivity contribution is 0.0697. The average Bonchev–Trinajstić information content (AvgIpc) is 2.87. The number of carboxylic acid groups (broad SMARTS) is 1. The van der Waals surface area contributed by atoms with Crippen LogP contribution in [0.3, 0.4) is 0 Å². The highest BCUT2D eigenvalue weighted by molar-refractivity contribution is 14.1. The van der Waals surface area contributed by atoms with E-state index in [9.17, 15) is 10.1 Å². The molecule has 174 valence electrons. The highest BCUT2D eigenvalue weighted by atomic mass is 127. The fraction of sp³-hybridized carbons (Fsp3) is 0.103. The van der Waals surface area contributed by atoms with Gasteiger partial charge in [-0.25, -0.2) is 4.79 Å². The third kappa shape index (κ3) is 5.64. The number of benzene rings is 4. The molecule has 0 unspecified atom stereocenters. The van der Waals surface area contributed by atoms with Crippen LogP contribution in [0.5, 0.6) is 11.5 Å². The molecule has 0 aliphatic carbocycles. The third-order valence-electron chi connectivity index (χ3n) is 5.46. The molecule has 0 heterocycles. The fourth-order valence-corrected chi connectivity index (χ4v) is 4.56. The zero-order valence-electron chi connectivity index (χ0n) is 19.0. The van der Waals surface area contributed by atoms with Crippen molar-refractivity contribution in [1.82, 2.24) is 0 Å². The Morgan fingerprint density at radius 1 is 1.00 bits per heavy atom. The van der Waals surface area contributed by atoms with E-state index in [-0.39, 0.29) is 5.56 Å². The Bertz CT molecular complexity index is 1450. The van der Waals surface area contributed by atoms with Gasteiger partial charge < -0.3 is 14.6 Å². The number of carboxylic acids is 1. The van der Waals surface area contributed by atoms with Crippen LogP contribution >= 0.6 is 22.6 Å². The second-order valence-electron chi connectivity index (χ2n) is 7.74. The van der Waals surface area contributed by atoms with Gasteiger partial charge in [-0.1, -0.05) is 54.6 Å². The molecular weight excluding hydrogens is 553 g/mol. The quantitative estimate of drug-likeness (QED) is 0.137. The minimum absolute atomic E-state index is 0.173. The topological polar surface area (TPSA) is 79.5 Å². The Morgan fingerprint density at radius 3 is 2.43 bits per heavy atom. The minimum Gasteiger partial charge on any atom is -0.490 e. The van der Waals surface area contributed by atoms with E-state index in [1.165, 1.54) is 12.1 Å². The first kappa shape index (κ1) is 24.3. The number of aromatic carboxylic acids is 1. The summed E-state index contributed by atoms with van der Waals surface area (Å²) in [5.41, 5.74) is 3.11. The van der Waals surface area contributed by atoms with Crippen molar-refractivity contribution in [1.29, 1.82) is 5.26 Å². The van der Waals surface area contributed by atoms with Crippen LogP contribution in [-0.4, -0.2) is 17.7 Å². The van der Waals surface area contributed by atoms with Gasteiger partial charge in [-0.3, -0.25) is 0 Å². The molecule has 0 aliphatic rings. The Balaban J connectivity index is 1.64. The standard InChI is InChI=1S/C29H22INO4/c1-2-34-27-16-19(14-24(17-31)20-10-12-22(13-11-20)29(32)33)15-26(30)28(27)35-18-23-8-5-7-21-6-3-4-9-25(21)23/h3-16H,2,18H2,1H3,(H,32,33)/b24-14-. The molecule has 0 saturated carbocycles. The van der Waals surface area contributed by atoms with E-state index in [2.05, 4.69) is 52.9 Å². The Morgan fingerprint density at radius 2 is 1.71 bits per heavy atom. The number of carbonyl (C=O) groups is 1. The molecule has 0 bridgehead atoms. The van der Waals surface area contributed by atoms with Gasteiger partial charge >= 0.3 is 5.97 Å². The Hall–Kier alpha value is -3.83. The van der Waals surface area contributed by atoms with Gasteiger partial charge in [-0.15, -0.1) is 0 Å². The maximum absolute atomic E-state index is 11.1. The normalized spacial score (nSPS) is 11.2. The molecule has 5 nitrogen and oxygen atoms in total. The van der Waals surface area contributed by atoms with E-state index in [1.807, 2.05) is 37.3 Å². The number of halogens is 1. The summed E-state index contributed by atoms with van der Waals surface area (Å²) < 4.78 is 13.0. The molecule has 4 aromatic carbocycles. The largest absolute Gasteiger partial charge is 0.490 e. The van der Waals surface area contributed by atoms with Gasteiger partial charge in [0.15, 0.2) is 11.5 Å². The summed E-state index contributed by atoms with van der Waals surface area (Å²) in [6.07, 6.45) is 1.76. The zero-order chi connectivity index (χ0) is 24.8. The molecule has 0 radical (unpaired) electrons. The zero-order valence-corrected chi connectivity index (χ0v) is 21.2. The summed E-state index contributed by atoms with van der Waals surface area (Å²) in [5, 5.41) is 21.1. The number of hydrogen-bond acceptors (Lipinski definition) is 4. The van der Waals surface area contributed by atoms with Crippen LogP contribution in [0.1, 0.15) is 34.0 Å². The SMILES string of the molecule is CCOc1cc(/C=C(/C#N)c2ccc(C(=O)O)cc2)cc(I)c1OCc1cccc2ccccc12. The van der Waals surface area contributed by atoms with Crippen molar-refractivity contribution in [3.05, 3.63) is 105 Å². The molecule has 0 aliphatic heterocycles. The average molecular weight is 575 g/mol. The number of ether oxygens (including phenoxy) is 2. The predicted octanol–water partition coefficient (Wildman–Crippen LogP) is 7.18. The van der Waals surface area contributed by atoms with Crippen LogP contribution in [0.25, 0.3) is 22.4 Å². The first-order valence-electron chi connectivity index (χ1n) is 11.0. The van der Waals surface area contributed by atoms with Crippen LogP contribution in [0.4, 0.5) is 0 Å². The lowest BCUT2D eigenvalue weighted by Gasteiger charge is -2.16. The Kier molecular flexibility index (Phi) is 7.68. The molecule has 6 heteroatoms. The van der Waals surface area contributed by atoms with Gasteiger partial charge in [0.1, 0.15) is 6.61 Å². The van der Waals surface area contributed by atoms with Gasteiger partial charge in [0.05, 0.1) is 27.4 Å².